The first-order chi connectivity index (χ1) is 10.4. The second kappa shape index (κ2) is 5.30. The fourth-order valence-corrected chi connectivity index (χ4v) is 4.82. The molecule has 1 aromatic rings. The number of hydrogen-bond acceptors (Lipinski definition) is 3. The van der Waals surface area contributed by atoms with E-state index in [2.05, 4.69) is 5.32 Å². The molecular weight excluding hydrogens is 296 g/mol. The first kappa shape index (κ1) is 15.4. The molecule has 1 saturated heterocycles. The van der Waals surface area contributed by atoms with E-state index < -0.39 is 6.04 Å². The molecule has 118 valence electrons. The van der Waals surface area contributed by atoms with Crippen LogP contribution < -0.4 is 5.32 Å². The van der Waals surface area contributed by atoms with Gasteiger partial charge < -0.3 is 10.2 Å². The van der Waals surface area contributed by atoms with E-state index in [4.69, 9.17) is 0 Å². The lowest BCUT2D eigenvalue weighted by atomic mass is 10.00. The highest BCUT2D eigenvalue weighted by Crippen LogP contribution is 2.56. The molecule has 22 heavy (non-hydrogen) atoms. The quantitative estimate of drug-likeness (QED) is 0.932. The van der Waals surface area contributed by atoms with Crippen LogP contribution >= 0.6 is 11.8 Å². The van der Waals surface area contributed by atoms with Crippen molar-refractivity contribution in [2.75, 3.05) is 0 Å². The van der Waals surface area contributed by atoms with Crippen molar-refractivity contribution < 1.29 is 9.59 Å². The fourth-order valence-electron chi connectivity index (χ4n) is 3.23. The molecule has 5 heteroatoms. The van der Waals surface area contributed by atoms with Gasteiger partial charge in [0.05, 0.1) is 0 Å². The molecule has 1 fully saturated rings. The Hall–Kier alpha value is -1.49. The molecule has 0 spiro atoms. The molecule has 0 aliphatic carbocycles. The Kier molecular flexibility index (Phi) is 3.71. The van der Waals surface area contributed by atoms with Crippen LogP contribution in [0.5, 0.6) is 0 Å². The molecule has 0 saturated carbocycles. The lowest BCUT2D eigenvalue weighted by molar-refractivity contribution is -0.126. The number of benzene rings is 1. The normalized spacial score (nSPS) is 26.5. The highest BCUT2D eigenvalue weighted by atomic mass is 32.2. The van der Waals surface area contributed by atoms with Crippen molar-refractivity contribution >= 4 is 23.6 Å². The molecule has 4 nitrogen and oxygen atoms in total. The Bertz CT molecular complexity index is 629. The van der Waals surface area contributed by atoms with Crippen molar-refractivity contribution in [2.24, 2.45) is 0 Å². The van der Waals surface area contributed by atoms with Gasteiger partial charge in [0.1, 0.15) is 11.4 Å². The van der Waals surface area contributed by atoms with Gasteiger partial charge in [0.25, 0.3) is 5.91 Å². The van der Waals surface area contributed by atoms with Gasteiger partial charge in [-0.05, 0) is 38.8 Å². The van der Waals surface area contributed by atoms with Gasteiger partial charge in [0.15, 0.2) is 0 Å². The number of fused-ring (bicyclic) bond motifs is 3. The Balaban J connectivity index is 1.95. The van der Waals surface area contributed by atoms with Crippen LogP contribution in [0.3, 0.4) is 0 Å². The average molecular weight is 318 g/mol. The average Bonchev–Trinajstić information content (AvgIpc) is 2.90. The number of thioether (sulfide) groups is 1. The van der Waals surface area contributed by atoms with E-state index in [1.54, 1.807) is 16.7 Å². The van der Waals surface area contributed by atoms with Crippen LogP contribution in [0, 0.1) is 0 Å². The number of nitrogens with one attached hydrogen (secondary N) is 1. The predicted molar refractivity (Wildman–Crippen MR) is 88.7 cm³/mol. The number of rotatable bonds is 3. The van der Waals surface area contributed by atoms with Crippen LogP contribution in [0.2, 0.25) is 0 Å². The molecule has 1 aromatic carbocycles. The minimum atomic E-state index is -0.434. The fraction of sp³-hybridized carbons (Fsp3) is 0.529. The van der Waals surface area contributed by atoms with Gasteiger partial charge in [-0.25, -0.2) is 0 Å². The van der Waals surface area contributed by atoms with Gasteiger partial charge in [0, 0.05) is 16.4 Å². The first-order valence-electron chi connectivity index (χ1n) is 7.76. The standard InChI is InChI=1S/C17H22N2O2S/c1-5-10(2)18-14(20)13-17(3,4)22-16-12-9-7-6-8-11(12)15(21)19(13)16/h6-10,13,16H,5H2,1-4H3,(H,18,20)/t10-,13+,16-/m0/s1. The van der Waals surface area contributed by atoms with E-state index in [0.717, 1.165) is 17.5 Å². The van der Waals surface area contributed by atoms with Crippen LogP contribution in [-0.2, 0) is 4.79 Å². The first-order valence-corrected chi connectivity index (χ1v) is 8.64. The predicted octanol–water partition coefficient (Wildman–Crippen LogP) is 2.95. The molecule has 2 aliphatic heterocycles. The molecule has 1 N–H and O–H groups in total. The Morgan fingerprint density at radius 2 is 2.09 bits per heavy atom. The zero-order valence-corrected chi connectivity index (χ0v) is 14.2. The van der Waals surface area contributed by atoms with E-state index in [-0.39, 0.29) is 28.0 Å². The summed E-state index contributed by atoms with van der Waals surface area (Å²) in [5.41, 5.74) is 1.77. The lowest BCUT2D eigenvalue weighted by Gasteiger charge is -2.30. The van der Waals surface area contributed by atoms with Crippen LogP contribution in [0.1, 0.15) is 55.4 Å². The maximum atomic E-state index is 12.8. The van der Waals surface area contributed by atoms with Gasteiger partial charge in [-0.1, -0.05) is 25.1 Å². The summed E-state index contributed by atoms with van der Waals surface area (Å²) in [6.45, 7) is 8.13. The van der Waals surface area contributed by atoms with Crippen LogP contribution in [0.15, 0.2) is 24.3 Å². The Morgan fingerprint density at radius 1 is 1.41 bits per heavy atom. The summed E-state index contributed by atoms with van der Waals surface area (Å²) in [5.74, 6) is -0.0708. The molecule has 3 rings (SSSR count). The minimum Gasteiger partial charge on any atom is -0.352 e. The third-order valence-electron chi connectivity index (χ3n) is 4.55. The molecular formula is C17H22N2O2S. The van der Waals surface area contributed by atoms with Gasteiger partial charge >= 0.3 is 0 Å². The third kappa shape index (κ3) is 2.22. The van der Waals surface area contributed by atoms with Crippen LogP contribution in [0.25, 0.3) is 0 Å². The molecule has 2 heterocycles. The van der Waals surface area contributed by atoms with Crippen molar-refractivity contribution in [2.45, 2.75) is 56.3 Å². The smallest absolute Gasteiger partial charge is 0.256 e. The van der Waals surface area contributed by atoms with Gasteiger partial charge in [0.2, 0.25) is 5.91 Å². The lowest BCUT2D eigenvalue weighted by Crippen LogP contribution is -2.54. The monoisotopic (exact) mass is 318 g/mol. The molecule has 0 bridgehead atoms. The molecule has 0 unspecified atom stereocenters. The van der Waals surface area contributed by atoms with Crippen molar-refractivity contribution in [3.8, 4) is 0 Å². The second-order valence-electron chi connectivity index (χ2n) is 6.59. The van der Waals surface area contributed by atoms with E-state index in [9.17, 15) is 9.59 Å². The van der Waals surface area contributed by atoms with E-state index >= 15 is 0 Å². The number of nitrogens with zero attached hydrogens (tertiary/aromatic N) is 1. The number of hydrogen-bond donors (Lipinski definition) is 1. The van der Waals surface area contributed by atoms with Crippen LogP contribution in [-0.4, -0.2) is 33.5 Å². The van der Waals surface area contributed by atoms with E-state index in [1.807, 2.05) is 52.0 Å². The topological polar surface area (TPSA) is 49.4 Å². The van der Waals surface area contributed by atoms with E-state index in [0.29, 0.717) is 0 Å². The molecule has 0 radical (unpaired) electrons. The minimum absolute atomic E-state index is 0.0250. The van der Waals surface area contributed by atoms with E-state index in [1.165, 1.54) is 0 Å². The van der Waals surface area contributed by atoms with Crippen molar-refractivity contribution in [1.82, 2.24) is 10.2 Å². The van der Waals surface area contributed by atoms with Crippen molar-refractivity contribution in [3.63, 3.8) is 0 Å². The maximum Gasteiger partial charge on any atom is 0.256 e. The van der Waals surface area contributed by atoms with Gasteiger partial charge in [-0.3, -0.25) is 9.59 Å². The summed E-state index contributed by atoms with van der Waals surface area (Å²) in [6, 6.07) is 7.37. The number of amides is 2. The summed E-state index contributed by atoms with van der Waals surface area (Å²) in [6.07, 6.45) is 0.879. The van der Waals surface area contributed by atoms with Crippen molar-refractivity contribution in [1.29, 1.82) is 0 Å². The second-order valence-corrected chi connectivity index (χ2v) is 8.33. The largest absolute Gasteiger partial charge is 0.352 e. The SMILES string of the molecule is CC[C@H](C)NC(=O)[C@H]1N2C(=O)c3ccccc3[C@@H]2SC1(C)C. The van der Waals surface area contributed by atoms with Gasteiger partial charge in [-0.15, -0.1) is 11.8 Å². The summed E-state index contributed by atoms with van der Waals surface area (Å²) in [4.78, 5) is 27.3. The zero-order valence-electron chi connectivity index (χ0n) is 13.4. The molecule has 2 amide bonds. The Morgan fingerprint density at radius 3 is 2.77 bits per heavy atom. The zero-order chi connectivity index (χ0) is 16.1. The Labute approximate surface area is 135 Å². The highest BCUT2D eigenvalue weighted by molar-refractivity contribution is 8.01. The summed E-state index contributed by atoms with van der Waals surface area (Å²) in [7, 11) is 0. The maximum absolute atomic E-state index is 12.8. The van der Waals surface area contributed by atoms with Crippen LogP contribution in [0.4, 0.5) is 0 Å². The summed E-state index contributed by atoms with van der Waals surface area (Å²) in [5, 5.41) is 2.99. The molecule has 3 atom stereocenters. The summed E-state index contributed by atoms with van der Waals surface area (Å²) >= 11 is 1.70. The number of carbonyl (C=O) groups is 2. The molecule has 2 aliphatic rings. The van der Waals surface area contributed by atoms with Gasteiger partial charge in [-0.2, -0.15) is 0 Å². The number of carbonyl (C=O) groups excluding carboxylic acids is 2. The molecule has 0 aromatic heterocycles. The highest BCUT2D eigenvalue weighted by Gasteiger charge is 2.57. The third-order valence-corrected chi connectivity index (χ3v) is 6.08. The summed E-state index contributed by atoms with van der Waals surface area (Å²) < 4.78 is -0.300. The van der Waals surface area contributed by atoms with Crippen molar-refractivity contribution in [3.05, 3.63) is 35.4 Å².